The van der Waals surface area contributed by atoms with E-state index in [9.17, 15) is 10.1 Å². The molecule has 2 atom stereocenters. The van der Waals surface area contributed by atoms with Gasteiger partial charge in [-0.05, 0) is 48.2 Å². The van der Waals surface area contributed by atoms with Crippen LogP contribution in [0.5, 0.6) is 5.75 Å². The highest BCUT2D eigenvalue weighted by molar-refractivity contribution is 6.28. The van der Waals surface area contributed by atoms with E-state index in [1.54, 1.807) is 18.2 Å². The first-order chi connectivity index (χ1) is 17.6. The first-order valence-corrected chi connectivity index (χ1v) is 12.9. The van der Waals surface area contributed by atoms with Crippen LogP contribution in [-0.4, -0.2) is 33.1 Å². The number of nitrogens with one attached hydrogen (secondary N) is 2. The standard InChI is InChI=1S/C27H29ClN6O2/c28-27-32-24(16-25(33-27)34-11-4-5-12-34)30-22(14-18-6-2-1-3-7-18)26(35)31-21-10-13-36-23-15-19(17-29)8-9-20(21)23/h4-5,8-9,11-12,15-16,18,21-22H,1-3,6-7,10,13-14H2,(H,31,35)(H,30,32,33)/t21-,22-/m1/s1. The van der Waals surface area contributed by atoms with Crippen LogP contribution in [0.1, 0.15) is 62.1 Å². The molecule has 1 fully saturated rings. The van der Waals surface area contributed by atoms with Crippen molar-refractivity contribution in [3.63, 3.8) is 0 Å². The van der Waals surface area contributed by atoms with E-state index in [0.29, 0.717) is 41.9 Å². The molecule has 36 heavy (non-hydrogen) atoms. The number of nitriles is 1. The summed E-state index contributed by atoms with van der Waals surface area (Å²) >= 11 is 6.25. The number of hydrogen-bond acceptors (Lipinski definition) is 6. The summed E-state index contributed by atoms with van der Waals surface area (Å²) in [6.45, 7) is 0.481. The van der Waals surface area contributed by atoms with Crippen molar-refractivity contribution in [2.45, 2.75) is 57.0 Å². The Kier molecular flexibility index (Phi) is 7.38. The molecule has 0 saturated heterocycles. The highest BCUT2D eigenvalue weighted by atomic mass is 35.5. The molecule has 0 spiro atoms. The Labute approximate surface area is 215 Å². The Morgan fingerprint density at radius 1 is 1.17 bits per heavy atom. The summed E-state index contributed by atoms with van der Waals surface area (Å²) in [6.07, 6.45) is 11.1. The molecule has 1 aromatic carbocycles. The molecule has 0 unspecified atom stereocenters. The molecule has 8 nitrogen and oxygen atoms in total. The summed E-state index contributed by atoms with van der Waals surface area (Å²) in [5.41, 5.74) is 1.43. The van der Waals surface area contributed by atoms with Crippen molar-refractivity contribution in [3.05, 3.63) is 65.2 Å². The van der Waals surface area contributed by atoms with Crippen LogP contribution in [-0.2, 0) is 4.79 Å². The predicted molar refractivity (Wildman–Crippen MR) is 137 cm³/mol. The fourth-order valence-corrected chi connectivity index (χ4v) is 5.32. The van der Waals surface area contributed by atoms with Gasteiger partial charge in [0.1, 0.15) is 23.4 Å². The Balaban J connectivity index is 1.37. The van der Waals surface area contributed by atoms with Gasteiger partial charge in [0.05, 0.1) is 24.3 Å². The van der Waals surface area contributed by atoms with Crippen LogP contribution in [0.2, 0.25) is 5.28 Å². The largest absolute Gasteiger partial charge is 0.493 e. The molecule has 3 heterocycles. The fraction of sp³-hybridized carbons (Fsp3) is 0.407. The van der Waals surface area contributed by atoms with Gasteiger partial charge in [0, 0.05) is 30.4 Å². The molecule has 1 saturated carbocycles. The lowest BCUT2D eigenvalue weighted by molar-refractivity contribution is -0.123. The highest BCUT2D eigenvalue weighted by Gasteiger charge is 2.29. The van der Waals surface area contributed by atoms with Crippen molar-refractivity contribution in [1.82, 2.24) is 19.9 Å². The minimum atomic E-state index is -0.471. The van der Waals surface area contributed by atoms with E-state index in [4.69, 9.17) is 16.3 Å². The number of rotatable bonds is 7. The van der Waals surface area contributed by atoms with E-state index in [1.165, 1.54) is 19.3 Å². The lowest BCUT2D eigenvalue weighted by Crippen LogP contribution is -2.43. The molecule has 3 aromatic rings. The summed E-state index contributed by atoms with van der Waals surface area (Å²) < 4.78 is 7.62. The third kappa shape index (κ3) is 5.63. The van der Waals surface area contributed by atoms with Crippen molar-refractivity contribution < 1.29 is 9.53 Å². The average molecular weight is 505 g/mol. The van der Waals surface area contributed by atoms with Crippen molar-refractivity contribution in [2.24, 2.45) is 5.92 Å². The molecule has 1 aliphatic heterocycles. The second-order valence-corrected chi connectivity index (χ2v) is 9.81. The second kappa shape index (κ2) is 11.0. The van der Waals surface area contributed by atoms with Gasteiger partial charge in [-0.3, -0.25) is 4.79 Å². The summed E-state index contributed by atoms with van der Waals surface area (Å²) in [5, 5.41) is 15.9. The van der Waals surface area contributed by atoms with Crippen LogP contribution >= 0.6 is 11.6 Å². The number of aromatic nitrogens is 3. The average Bonchev–Trinajstić information content (AvgIpc) is 3.44. The van der Waals surface area contributed by atoms with Crippen LogP contribution in [0.25, 0.3) is 5.82 Å². The number of anilines is 1. The maximum atomic E-state index is 13.7. The van der Waals surface area contributed by atoms with Crippen LogP contribution in [0.3, 0.4) is 0 Å². The van der Waals surface area contributed by atoms with Gasteiger partial charge in [0.2, 0.25) is 11.2 Å². The number of nitrogens with zero attached hydrogens (tertiary/aromatic N) is 4. The first kappa shape index (κ1) is 24.1. The lowest BCUT2D eigenvalue weighted by atomic mass is 9.84. The minimum absolute atomic E-state index is 0.0833. The van der Waals surface area contributed by atoms with Crippen LogP contribution < -0.4 is 15.4 Å². The molecule has 2 N–H and O–H groups in total. The zero-order valence-corrected chi connectivity index (χ0v) is 20.7. The van der Waals surface area contributed by atoms with Crippen molar-refractivity contribution in [2.75, 3.05) is 11.9 Å². The van der Waals surface area contributed by atoms with Gasteiger partial charge < -0.3 is 19.9 Å². The highest BCUT2D eigenvalue weighted by Crippen LogP contribution is 2.33. The Hall–Kier alpha value is -3.57. The summed E-state index contributed by atoms with van der Waals surface area (Å²) in [5.74, 6) is 2.19. The Morgan fingerprint density at radius 2 is 1.97 bits per heavy atom. The van der Waals surface area contributed by atoms with Crippen molar-refractivity contribution in [1.29, 1.82) is 5.26 Å². The van der Waals surface area contributed by atoms with Gasteiger partial charge in [0.25, 0.3) is 0 Å². The molecule has 0 radical (unpaired) electrons. The van der Waals surface area contributed by atoms with E-state index in [0.717, 1.165) is 24.8 Å². The van der Waals surface area contributed by atoms with Gasteiger partial charge >= 0.3 is 0 Å². The quantitative estimate of drug-likeness (QED) is 0.429. The zero-order valence-electron chi connectivity index (χ0n) is 20.0. The van der Waals surface area contributed by atoms with E-state index < -0.39 is 6.04 Å². The number of carbonyl (C=O) groups excluding carboxylic acids is 1. The van der Waals surface area contributed by atoms with Crippen molar-refractivity contribution in [3.8, 4) is 17.6 Å². The molecule has 5 rings (SSSR count). The molecule has 1 amide bonds. The topological polar surface area (TPSA) is 105 Å². The van der Waals surface area contributed by atoms with Gasteiger partial charge in [-0.1, -0.05) is 38.2 Å². The molecule has 186 valence electrons. The van der Waals surface area contributed by atoms with E-state index in [1.807, 2.05) is 35.2 Å². The van der Waals surface area contributed by atoms with Gasteiger partial charge in [-0.25, -0.2) is 4.98 Å². The maximum absolute atomic E-state index is 13.7. The lowest BCUT2D eigenvalue weighted by Gasteiger charge is -2.31. The third-order valence-corrected chi connectivity index (χ3v) is 7.15. The van der Waals surface area contributed by atoms with Gasteiger partial charge in [-0.2, -0.15) is 10.2 Å². The Bertz CT molecular complexity index is 1250. The summed E-state index contributed by atoms with van der Waals surface area (Å²) in [7, 11) is 0. The van der Waals surface area contributed by atoms with E-state index >= 15 is 0 Å². The number of amides is 1. The molecule has 9 heteroatoms. The normalized spacial score (nSPS) is 18.4. The number of halogens is 1. The molecular weight excluding hydrogens is 476 g/mol. The van der Waals surface area contributed by atoms with Gasteiger partial charge in [0.15, 0.2) is 0 Å². The van der Waals surface area contributed by atoms with Crippen LogP contribution in [0.15, 0.2) is 48.8 Å². The molecule has 2 aromatic heterocycles. The molecule has 0 bridgehead atoms. The van der Waals surface area contributed by atoms with Gasteiger partial charge in [-0.15, -0.1) is 0 Å². The van der Waals surface area contributed by atoms with Crippen LogP contribution in [0, 0.1) is 17.2 Å². The minimum Gasteiger partial charge on any atom is -0.493 e. The Morgan fingerprint density at radius 3 is 2.75 bits per heavy atom. The molecule has 2 aliphatic rings. The smallest absolute Gasteiger partial charge is 0.243 e. The first-order valence-electron chi connectivity index (χ1n) is 12.5. The maximum Gasteiger partial charge on any atom is 0.243 e. The summed E-state index contributed by atoms with van der Waals surface area (Å²) in [4.78, 5) is 22.3. The predicted octanol–water partition coefficient (Wildman–Crippen LogP) is 5.18. The number of ether oxygens (including phenoxy) is 1. The third-order valence-electron chi connectivity index (χ3n) is 6.99. The number of hydrogen-bond donors (Lipinski definition) is 2. The summed E-state index contributed by atoms with van der Waals surface area (Å²) in [6, 6.07) is 12.5. The van der Waals surface area contributed by atoms with Crippen LogP contribution in [0.4, 0.5) is 5.82 Å². The molecular formula is C27H29ClN6O2. The van der Waals surface area contributed by atoms with Crippen molar-refractivity contribution >= 4 is 23.3 Å². The second-order valence-electron chi connectivity index (χ2n) is 9.47. The van der Waals surface area contributed by atoms with E-state index in [-0.39, 0.29) is 17.2 Å². The number of carbonyl (C=O) groups is 1. The fourth-order valence-electron chi connectivity index (χ4n) is 5.15. The SMILES string of the molecule is N#Cc1ccc2c(c1)OCC[C@H]2NC(=O)[C@@H](CC1CCCCC1)Nc1cc(-n2cccc2)nc(Cl)n1. The number of fused-ring (bicyclic) bond motifs is 1. The number of benzene rings is 1. The molecule has 1 aliphatic carbocycles. The van der Waals surface area contributed by atoms with E-state index in [2.05, 4.69) is 26.7 Å². The zero-order chi connectivity index (χ0) is 24.9. The monoisotopic (exact) mass is 504 g/mol.